The second kappa shape index (κ2) is 6.21. The van der Waals surface area contributed by atoms with Crippen LogP contribution in [0.25, 0.3) is 11.2 Å². The standard InChI is InChI=1S/C17H13ClF2N4O2/c1-26-8-3-10(19)13(11(20)4-8)9-6-22-17(25)14(9)16-23-12-2-7(18)5-21-15(12)24-16/h2-5,9,14H,6H2,1H3,(H,22,25)(H,21,23,24)/t9-,14+/m0/s1. The van der Waals surface area contributed by atoms with Crippen molar-refractivity contribution < 1.29 is 18.3 Å². The zero-order chi connectivity index (χ0) is 18.4. The van der Waals surface area contributed by atoms with Crippen LogP contribution in [0.3, 0.4) is 0 Å². The minimum absolute atomic E-state index is 0.0696. The van der Waals surface area contributed by atoms with Crippen molar-refractivity contribution in [1.29, 1.82) is 0 Å². The molecule has 3 aromatic rings. The van der Waals surface area contributed by atoms with Crippen molar-refractivity contribution in [2.45, 2.75) is 11.8 Å². The van der Waals surface area contributed by atoms with Crippen molar-refractivity contribution in [2.75, 3.05) is 13.7 Å². The zero-order valence-electron chi connectivity index (χ0n) is 13.5. The summed E-state index contributed by atoms with van der Waals surface area (Å²) in [6.45, 7) is 0.0922. The number of halogens is 3. The molecule has 6 nitrogen and oxygen atoms in total. The second-order valence-electron chi connectivity index (χ2n) is 5.98. The molecule has 0 spiro atoms. The molecule has 0 bridgehead atoms. The molecule has 134 valence electrons. The topological polar surface area (TPSA) is 79.9 Å². The van der Waals surface area contributed by atoms with Gasteiger partial charge in [0.2, 0.25) is 5.91 Å². The van der Waals surface area contributed by atoms with E-state index in [0.29, 0.717) is 16.2 Å². The summed E-state index contributed by atoms with van der Waals surface area (Å²) < 4.78 is 33.9. The van der Waals surface area contributed by atoms with Crippen LogP contribution in [0, 0.1) is 11.6 Å². The molecule has 2 atom stereocenters. The quantitative estimate of drug-likeness (QED) is 0.734. The van der Waals surface area contributed by atoms with E-state index in [1.807, 2.05) is 0 Å². The van der Waals surface area contributed by atoms with Crippen LogP contribution in [-0.4, -0.2) is 34.5 Å². The van der Waals surface area contributed by atoms with Gasteiger partial charge in [0.15, 0.2) is 5.65 Å². The lowest BCUT2D eigenvalue weighted by Crippen LogP contribution is -2.19. The summed E-state index contributed by atoms with van der Waals surface area (Å²) in [4.78, 5) is 23.7. The van der Waals surface area contributed by atoms with Crippen molar-refractivity contribution in [2.24, 2.45) is 0 Å². The number of carbonyl (C=O) groups is 1. The highest BCUT2D eigenvalue weighted by Crippen LogP contribution is 2.39. The van der Waals surface area contributed by atoms with E-state index in [2.05, 4.69) is 20.3 Å². The average Bonchev–Trinajstić information content (AvgIpc) is 3.16. The minimum atomic E-state index is -0.875. The van der Waals surface area contributed by atoms with Gasteiger partial charge < -0.3 is 15.0 Å². The van der Waals surface area contributed by atoms with E-state index < -0.39 is 23.5 Å². The molecular formula is C17H13ClF2N4O2. The highest BCUT2D eigenvalue weighted by atomic mass is 35.5. The molecule has 1 aromatic carbocycles. The average molecular weight is 379 g/mol. The number of nitrogens with one attached hydrogen (secondary N) is 2. The van der Waals surface area contributed by atoms with E-state index in [9.17, 15) is 13.6 Å². The molecule has 3 heterocycles. The third-order valence-corrected chi connectivity index (χ3v) is 4.66. The number of nitrogens with zero attached hydrogens (tertiary/aromatic N) is 2. The van der Waals surface area contributed by atoms with Crippen molar-refractivity contribution in [3.63, 3.8) is 0 Å². The van der Waals surface area contributed by atoms with Gasteiger partial charge in [0, 0.05) is 36.4 Å². The molecule has 4 rings (SSSR count). The number of amides is 1. The number of hydrogen-bond acceptors (Lipinski definition) is 4. The molecular weight excluding hydrogens is 366 g/mol. The van der Waals surface area contributed by atoms with Gasteiger partial charge in [0.25, 0.3) is 0 Å². The van der Waals surface area contributed by atoms with Gasteiger partial charge in [-0.1, -0.05) is 11.6 Å². The van der Waals surface area contributed by atoms with Crippen LogP contribution in [0.1, 0.15) is 23.2 Å². The van der Waals surface area contributed by atoms with Crippen LogP contribution in [0.2, 0.25) is 5.02 Å². The predicted octanol–water partition coefficient (Wildman–Crippen LogP) is 2.90. The number of carbonyl (C=O) groups excluding carboxylic acids is 1. The van der Waals surface area contributed by atoms with Gasteiger partial charge in [-0.05, 0) is 6.07 Å². The van der Waals surface area contributed by atoms with E-state index in [1.54, 1.807) is 6.07 Å². The number of H-pyrrole nitrogens is 1. The van der Waals surface area contributed by atoms with Crippen LogP contribution in [0.4, 0.5) is 8.78 Å². The largest absolute Gasteiger partial charge is 0.497 e. The molecule has 1 saturated heterocycles. The first-order valence-electron chi connectivity index (χ1n) is 7.79. The predicted molar refractivity (Wildman–Crippen MR) is 90.3 cm³/mol. The molecule has 0 aliphatic carbocycles. The Labute approximate surface area is 151 Å². The Bertz CT molecular complexity index is 1000. The molecule has 1 aliphatic rings. The number of pyridine rings is 1. The number of fused-ring (bicyclic) bond motifs is 1. The maximum atomic E-state index is 14.5. The van der Waals surface area contributed by atoms with Crippen LogP contribution < -0.4 is 10.1 Å². The third kappa shape index (κ3) is 2.66. The SMILES string of the molecule is COc1cc(F)c([C@@H]2CNC(=O)[C@H]2c2nc3ncc(Cl)cc3[nH]2)c(F)c1. The molecule has 1 fully saturated rings. The number of benzene rings is 1. The Morgan fingerprint density at radius 1 is 1.27 bits per heavy atom. The van der Waals surface area contributed by atoms with Crippen LogP contribution in [0.5, 0.6) is 5.75 Å². The number of ether oxygens (including phenoxy) is 1. The lowest BCUT2D eigenvalue weighted by molar-refractivity contribution is -0.120. The molecule has 1 amide bonds. The first-order valence-corrected chi connectivity index (χ1v) is 8.17. The van der Waals surface area contributed by atoms with Gasteiger partial charge in [-0.2, -0.15) is 0 Å². The number of aromatic amines is 1. The first-order chi connectivity index (χ1) is 12.5. The monoisotopic (exact) mass is 378 g/mol. The van der Waals surface area contributed by atoms with E-state index in [-0.39, 0.29) is 29.6 Å². The summed E-state index contributed by atoms with van der Waals surface area (Å²) in [6, 6.07) is 3.81. The number of hydrogen-bond donors (Lipinski definition) is 2. The van der Waals surface area contributed by atoms with Gasteiger partial charge in [-0.25, -0.2) is 18.7 Å². The Balaban J connectivity index is 1.80. The Morgan fingerprint density at radius 2 is 2.00 bits per heavy atom. The fraction of sp³-hybridized carbons (Fsp3) is 0.235. The van der Waals surface area contributed by atoms with Crippen LogP contribution >= 0.6 is 11.6 Å². The van der Waals surface area contributed by atoms with Gasteiger partial charge in [-0.3, -0.25) is 4.79 Å². The van der Waals surface area contributed by atoms with E-state index >= 15 is 0 Å². The van der Waals surface area contributed by atoms with Crippen molar-refractivity contribution in [3.05, 3.63) is 52.4 Å². The minimum Gasteiger partial charge on any atom is -0.497 e. The smallest absolute Gasteiger partial charge is 0.231 e. The first kappa shape index (κ1) is 16.7. The lowest BCUT2D eigenvalue weighted by atomic mass is 9.87. The summed E-state index contributed by atoms with van der Waals surface area (Å²) in [5.41, 5.74) is 0.737. The van der Waals surface area contributed by atoms with Crippen molar-refractivity contribution in [1.82, 2.24) is 20.3 Å². The lowest BCUT2D eigenvalue weighted by Gasteiger charge is -2.17. The van der Waals surface area contributed by atoms with Gasteiger partial charge >= 0.3 is 0 Å². The summed E-state index contributed by atoms with van der Waals surface area (Å²) >= 11 is 5.91. The van der Waals surface area contributed by atoms with Gasteiger partial charge in [-0.15, -0.1) is 0 Å². The summed E-state index contributed by atoms with van der Waals surface area (Å²) in [6.07, 6.45) is 1.43. The molecule has 9 heteroatoms. The van der Waals surface area contributed by atoms with E-state index in [1.165, 1.54) is 13.3 Å². The third-order valence-electron chi connectivity index (χ3n) is 4.46. The summed E-state index contributed by atoms with van der Waals surface area (Å²) in [5, 5.41) is 3.06. The highest BCUT2D eigenvalue weighted by molar-refractivity contribution is 6.31. The fourth-order valence-corrected chi connectivity index (χ4v) is 3.44. The van der Waals surface area contributed by atoms with Gasteiger partial charge in [0.05, 0.1) is 17.6 Å². The van der Waals surface area contributed by atoms with Gasteiger partial charge in [0.1, 0.15) is 29.1 Å². The number of aromatic nitrogens is 3. The fourth-order valence-electron chi connectivity index (χ4n) is 3.28. The highest BCUT2D eigenvalue weighted by Gasteiger charge is 2.41. The Morgan fingerprint density at radius 3 is 2.69 bits per heavy atom. The molecule has 2 aromatic heterocycles. The number of methoxy groups -OCH3 is 1. The second-order valence-corrected chi connectivity index (χ2v) is 6.42. The van der Waals surface area contributed by atoms with Crippen LogP contribution in [-0.2, 0) is 4.79 Å². The van der Waals surface area contributed by atoms with E-state index in [4.69, 9.17) is 16.3 Å². The van der Waals surface area contributed by atoms with Crippen molar-refractivity contribution in [3.8, 4) is 5.75 Å². The summed E-state index contributed by atoms with van der Waals surface area (Å²) in [5.74, 6) is -3.19. The Hall–Kier alpha value is -2.74. The maximum Gasteiger partial charge on any atom is 0.231 e. The summed E-state index contributed by atoms with van der Waals surface area (Å²) in [7, 11) is 1.32. The number of imidazole rings is 1. The van der Waals surface area contributed by atoms with Crippen LogP contribution in [0.15, 0.2) is 24.4 Å². The molecule has 2 N–H and O–H groups in total. The Kier molecular flexibility index (Phi) is 3.99. The molecule has 1 aliphatic heterocycles. The maximum absolute atomic E-state index is 14.5. The normalized spacial score (nSPS) is 19.8. The molecule has 26 heavy (non-hydrogen) atoms. The van der Waals surface area contributed by atoms with E-state index in [0.717, 1.165) is 12.1 Å². The number of rotatable bonds is 3. The molecule has 0 unspecified atom stereocenters. The molecule has 0 radical (unpaired) electrons. The zero-order valence-corrected chi connectivity index (χ0v) is 14.3. The molecule has 0 saturated carbocycles. The van der Waals surface area contributed by atoms with Crippen molar-refractivity contribution >= 4 is 28.7 Å².